The number of hydrogen-bond acceptors (Lipinski definition) is 3. The Kier molecular flexibility index (Phi) is 5.07. The van der Waals surface area contributed by atoms with E-state index in [1.807, 2.05) is 0 Å². The molecule has 0 amide bonds. The van der Waals surface area contributed by atoms with Crippen molar-refractivity contribution in [2.24, 2.45) is 0 Å². The number of halogens is 4. The average molecular weight is 365 g/mol. The summed E-state index contributed by atoms with van der Waals surface area (Å²) in [4.78, 5) is -0.201. The Hall–Kier alpha value is -0.280. The van der Waals surface area contributed by atoms with Gasteiger partial charge in [-0.2, -0.15) is 0 Å². The summed E-state index contributed by atoms with van der Waals surface area (Å²) in [6.07, 6.45) is 0. The topological polar surface area (TPSA) is 66.4 Å². The normalized spacial score (nSPS) is 12.7. The Labute approximate surface area is 116 Å². The fourth-order valence-corrected chi connectivity index (χ4v) is 2.72. The van der Waals surface area contributed by atoms with Gasteiger partial charge in [-0.3, -0.25) is 0 Å². The quantitative estimate of drug-likeness (QED) is 0.840. The summed E-state index contributed by atoms with van der Waals surface area (Å²) in [6.45, 7) is -2.61. The Balaban J connectivity index is 2.90. The van der Waals surface area contributed by atoms with Crippen LogP contribution in [0.1, 0.15) is 0 Å². The molecule has 0 aromatic heterocycles. The van der Waals surface area contributed by atoms with Gasteiger partial charge in [0, 0.05) is 4.47 Å². The number of aliphatic hydroxyl groups excluding tert-OH is 1. The van der Waals surface area contributed by atoms with Gasteiger partial charge in [0.05, 0.1) is 16.5 Å². The Morgan fingerprint density at radius 2 is 2.06 bits per heavy atom. The molecule has 2 N–H and O–H groups in total. The van der Waals surface area contributed by atoms with Crippen LogP contribution in [0.2, 0.25) is 5.02 Å². The van der Waals surface area contributed by atoms with Gasteiger partial charge in [-0.15, -0.1) is 0 Å². The van der Waals surface area contributed by atoms with Crippen LogP contribution in [-0.4, -0.2) is 32.6 Å². The summed E-state index contributed by atoms with van der Waals surface area (Å²) in [5, 5.41) is 8.63. The lowest BCUT2D eigenvalue weighted by atomic mass is 10.4. The smallest absolute Gasteiger partial charge is 0.283 e. The molecule has 0 aliphatic carbocycles. The summed E-state index contributed by atoms with van der Waals surface area (Å²) in [5.74, 6) is -3.50. The summed E-state index contributed by atoms with van der Waals surface area (Å²) in [6, 6.07) is 3.71. The molecule has 4 nitrogen and oxygen atoms in total. The third-order valence-electron chi connectivity index (χ3n) is 1.95. The highest BCUT2D eigenvalue weighted by atomic mass is 79.9. The highest BCUT2D eigenvalue weighted by Gasteiger charge is 2.30. The van der Waals surface area contributed by atoms with Gasteiger partial charge in [0.2, 0.25) is 10.0 Å². The first kappa shape index (κ1) is 15.8. The van der Waals surface area contributed by atoms with Gasteiger partial charge in [-0.1, -0.05) is 11.6 Å². The zero-order valence-electron chi connectivity index (χ0n) is 8.83. The van der Waals surface area contributed by atoms with Crippen molar-refractivity contribution < 1.29 is 22.3 Å². The summed E-state index contributed by atoms with van der Waals surface area (Å²) < 4.78 is 50.9. The molecule has 0 heterocycles. The lowest BCUT2D eigenvalue weighted by Crippen LogP contribution is -2.38. The molecule has 0 bridgehead atoms. The minimum absolute atomic E-state index is 0.201. The number of nitrogens with one attached hydrogen (secondary N) is 1. The van der Waals surface area contributed by atoms with E-state index in [0.29, 0.717) is 9.50 Å². The number of benzene rings is 1. The first-order chi connectivity index (χ1) is 8.18. The van der Waals surface area contributed by atoms with Gasteiger partial charge in [-0.25, -0.2) is 21.9 Å². The summed E-state index contributed by atoms with van der Waals surface area (Å²) in [5.41, 5.74) is 0. The third kappa shape index (κ3) is 4.13. The Morgan fingerprint density at radius 1 is 1.44 bits per heavy atom. The van der Waals surface area contributed by atoms with Crippen LogP contribution in [0.15, 0.2) is 27.6 Å². The molecular weight excluding hydrogens is 356 g/mol. The predicted octanol–water partition coefficient (Wildman–Crippen LogP) is 2.01. The average Bonchev–Trinajstić information content (AvgIpc) is 2.30. The van der Waals surface area contributed by atoms with Crippen LogP contribution in [0.25, 0.3) is 0 Å². The second-order valence-electron chi connectivity index (χ2n) is 3.41. The number of hydrogen-bond donors (Lipinski definition) is 2. The zero-order chi connectivity index (χ0) is 14.0. The molecule has 0 aliphatic heterocycles. The lowest BCUT2D eigenvalue weighted by Gasteiger charge is -2.14. The van der Waals surface area contributed by atoms with Crippen LogP contribution < -0.4 is 4.72 Å². The molecular formula is C9H9BrClF2NO3S. The molecule has 1 aromatic carbocycles. The third-order valence-corrected chi connectivity index (χ3v) is 4.57. The number of aliphatic hydroxyl groups is 1. The molecule has 0 atom stereocenters. The zero-order valence-corrected chi connectivity index (χ0v) is 12.0. The van der Waals surface area contributed by atoms with E-state index >= 15 is 0 Å². The number of alkyl halides is 2. The predicted molar refractivity (Wildman–Crippen MR) is 66.4 cm³/mol. The van der Waals surface area contributed by atoms with E-state index in [1.54, 1.807) is 4.72 Å². The van der Waals surface area contributed by atoms with Crippen molar-refractivity contribution in [3.05, 3.63) is 27.7 Å². The van der Waals surface area contributed by atoms with Crippen molar-refractivity contribution >= 4 is 37.6 Å². The Bertz CT molecular complexity index is 539. The molecule has 0 aliphatic rings. The van der Waals surface area contributed by atoms with E-state index in [2.05, 4.69) is 15.9 Å². The molecule has 0 fully saturated rings. The second-order valence-corrected chi connectivity index (χ2v) is 6.44. The molecule has 1 rings (SSSR count). The molecule has 9 heteroatoms. The Morgan fingerprint density at radius 3 is 2.56 bits per heavy atom. The van der Waals surface area contributed by atoms with Crippen LogP contribution >= 0.6 is 27.5 Å². The van der Waals surface area contributed by atoms with E-state index < -0.39 is 29.1 Å². The first-order valence-electron chi connectivity index (χ1n) is 4.61. The van der Waals surface area contributed by atoms with E-state index in [4.69, 9.17) is 16.7 Å². The minimum Gasteiger partial charge on any atom is -0.390 e. The standard InChI is InChI=1S/C9H9BrClF2NO3S/c10-7-3-6(1-2-8(7)11)18(16,17)14-4-9(12,13)5-15/h1-3,14-15H,4-5H2. The maximum absolute atomic E-state index is 12.7. The molecule has 1 aromatic rings. The van der Waals surface area contributed by atoms with Gasteiger partial charge >= 0.3 is 0 Å². The van der Waals surface area contributed by atoms with Crippen LogP contribution in [0.3, 0.4) is 0 Å². The van der Waals surface area contributed by atoms with Gasteiger partial charge in [0.15, 0.2) is 0 Å². The summed E-state index contributed by atoms with van der Waals surface area (Å²) >= 11 is 8.72. The van der Waals surface area contributed by atoms with Crippen LogP contribution in [0, 0.1) is 0 Å². The largest absolute Gasteiger partial charge is 0.390 e. The van der Waals surface area contributed by atoms with Gasteiger partial charge in [0.1, 0.15) is 6.61 Å². The van der Waals surface area contributed by atoms with Crippen molar-refractivity contribution in [3.8, 4) is 0 Å². The fourth-order valence-electron chi connectivity index (χ4n) is 0.984. The van der Waals surface area contributed by atoms with Crippen LogP contribution in [0.4, 0.5) is 8.78 Å². The summed E-state index contributed by atoms with van der Waals surface area (Å²) in [7, 11) is -4.07. The second kappa shape index (κ2) is 5.79. The fraction of sp³-hybridized carbons (Fsp3) is 0.333. The molecule has 0 saturated heterocycles. The SMILES string of the molecule is O=S(=O)(NCC(F)(F)CO)c1ccc(Cl)c(Br)c1. The van der Waals surface area contributed by atoms with E-state index in [0.717, 1.165) is 0 Å². The highest BCUT2D eigenvalue weighted by molar-refractivity contribution is 9.10. The van der Waals surface area contributed by atoms with Gasteiger partial charge in [0.25, 0.3) is 5.92 Å². The van der Waals surface area contributed by atoms with E-state index in [9.17, 15) is 17.2 Å². The first-order valence-corrected chi connectivity index (χ1v) is 7.27. The maximum Gasteiger partial charge on any atom is 0.283 e. The van der Waals surface area contributed by atoms with Crippen LogP contribution in [0.5, 0.6) is 0 Å². The van der Waals surface area contributed by atoms with Crippen molar-refractivity contribution in [2.75, 3.05) is 13.2 Å². The van der Waals surface area contributed by atoms with Gasteiger partial charge < -0.3 is 5.11 Å². The van der Waals surface area contributed by atoms with Crippen molar-refractivity contribution in [3.63, 3.8) is 0 Å². The van der Waals surface area contributed by atoms with Crippen molar-refractivity contribution in [1.29, 1.82) is 0 Å². The minimum atomic E-state index is -4.07. The maximum atomic E-state index is 12.7. The molecule has 0 spiro atoms. The van der Waals surface area contributed by atoms with Gasteiger partial charge in [-0.05, 0) is 34.1 Å². The number of rotatable bonds is 5. The molecule has 102 valence electrons. The molecule has 0 radical (unpaired) electrons. The number of sulfonamides is 1. The monoisotopic (exact) mass is 363 g/mol. The molecule has 18 heavy (non-hydrogen) atoms. The van der Waals surface area contributed by atoms with Crippen LogP contribution in [-0.2, 0) is 10.0 Å². The molecule has 0 saturated carbocycles. The van der Waals surface area contributed by atoms with Crippen molar-refractivity contribution in [2.45, 2.75) is 10.8 Å². The van der Waals surface area contributed by atoms with Crippen molar-refractivity contribution in [1.82, 2.24) is 4.72 Å². The van der Waals surface area contributed by atoms with E-state index in [-0.39, 0.29) is 4.90 Å². The van der Waals surface area contributed by atoms with E-state index in [1.165, 1.54) is 18.2 Å². The lowest BCUT2D eigenvalue weighted by molar-refractivity contribution is -0.0437. The molecule has 0 unspecified atom stereocenters. The highest BCUT2D eigenvalue weighted by Crippen LogP contribution is 2.25.